The van der Waals surface area contributed by atoms with Crippen molar-refractivity contribution in [1.82, 2.24) is 5.32 Å². The molecule has 1 atom stereocenters. The molecule has 0 saturated carbocycles. The Labute approximate surface area is 235 Å². The molecule has 6 heteroatoms. The summed E-state index contributed by atoms with van der Waals surface area (Å²) in [6.45, 7) is 1.19. The van der Waals surface area contributed by atoms with Crippen LogP contribution in [0.25, 0.3) is 11.1 Å². The van der Waals surface area contributed by atoms with E-state index >= 15 is 0 Å². The number of rotatable bonds is 8. The molecule has 202 valence electrons. The Balaban J connectivity index is 1.34. The van der Waals surface area contributed by atoms with E-state index in [2.05, 4.69) is 10.6 Å². The lowest BCUT2D eigenvalue weighted by molar-refractivity contribution is -0.116. The number of para-hydroxylation sites is 1. The molecule has 1 unspecified atom stereocenters. The van der Waals surface area contributed by atoms with Crippen LogP contribution in [0, 0.1) is 5.41 Å². The lowest BCUT2D eigenvalue weighted by Gasteiger charge is -2.27. The molecule has 4 aromatic carbocycles. The third-order valence-electron chi connectivity index (χ3n) is 7.67. The summed E-state index contributed by atoms with van der Waals surface area (Å²) in [5.74, 6) is -0.346. The second-order valence-corrected chi connectivity index (χ2v) is 10.3. The van der Waals surface area contributed by atoms with Gasteiger partial charge in [-0.1, -0.05) is 66.7 Å². The highest BCUT2D eigenvalue weighted by Crippen LogP contribution is 2.38. The van der Waals surface area contributed by atoms with Crippen LogP contribution in [0.4, 0.5) is 11.4 Å². The van der Waals surface area contributed by atoms with Gasteiger partial charge in [-0.2, -0.15) is 0 Å². The summed E-state index contributed by atoms with van der Waals surface area (Å²) in [7, 11) is 1.88. The molecule has 0 fully saturated rings. The first-order chi connectivity index (χ1) is 19.5. The maximum atomic E-state index is 13.7. The van der Waals surface area contributed by atoms with Gasteiger partial charge in [-0.25, -0.2) is 0 Å². The number of hydrogen-bond donors (Lipinski definition) is 2. The fourth-order valence-electron chi connectivity index (χ4n) is 5.40. The Morgan fingerprint density at radius 1 is 0.875 bits per heavy atom. The number of aldehydes is 1. The first kappa shape index (κ1) is 27.0. The van der Waals surface area contributed by atoms with Crippen LogP contribution in [0.1, 0.15) is 39.1 Å². The SMILES string of the molecule is CNCCC1(C=O)CCN(C(=O)c2ccc(NC(=O)c3ccccc3-c3ccccc3)cc2)c2ccccc2C1. The highest BCUT2D eigenvalue weighted by atomic mass is 16.2. The molecule has 0 spiro atoms. The Bertz CT molecular complexity index is 1500. The van der Waals surface area contributed by atoms with Crippen molar-refractivity contribution >= 4 is 29.5 Å². The molecular weight excluding hydrogens is 498 g/mol. The number of hydrogen-bond acceptors (Lipinski definition) is 4. The number of nitrogens with one attached hydrogen (secondary N) is 2. The van der Waals surface area contributed by atoms with Crippen LogP contribution < -0.4 is 15.5 Å². The van der Waals surface area contributed by atoms with Crippen LogP contribution in [-0.2, 0) is 11.2 Å². The summed E-state index contributed by atoms with van der Waals surface area (Å²) in [5.41, 5.74) is 4.85. The van der Waals surface area contributed by atoms with Crippen LogP contribution in [0.2, 0.25) is 0 Å². The minimum atomic E-state index is -0.516. The molecule has 1 heterocycles. The van der Waals surface area contributed by atoms with Crippen LogP contribution in [0.3, 0.4) is 0 Å². The summed E-state index contributed by atoms with van der Waals surface area (Å²) < 4.78 is 0. The standard InChI is InChI=1S/C34H33N3O3/c1-35-21-19-34(24-38)20-22-37(31-14-8-5-11-27(31)23-34)33(40)26-15-17-28(18-16-26)36-32(39)30-13-7-6-12-29(30)25-9-3-2-4-10-25/h2-18,24,35H,19-23H2,1H3,(H,36,39). The molecule has 4 aromatic rings. The van der Waals surface area contributed by atoms with Crippen molar-refractivity contribution in [1.29, 1.82) is 0 Å². The number of nitrogens with zero attached hydrogens (tertiary/aromatic N) is 1. The number of amides is 2. The molecule has 0 bridgehead atoms. The second kappa shape index (κ2) is 12.1. The third kappa shape index (κ3) is 5.72. The van der Waals surface area contributed by atoms with Crippen LogP contribution in [0.5, 0.6) is 0 Å². The third-order valence-corrected chi connectivity index (χ3v) is 7.67. The zero-order valence-electron chi connectivity index (χ0n) is 22.6. The second-order valence-electron chi connectivity index (χ2n) is 10.3. The van der Waals surface area contributed by atoms with Crippen molar-refractivity contribution in [3.05, 3.63) is 120 Å². The molecular formula is C34H33N3O3. The number of anilines is 2. The van der Waals surface area contributed by atoms with Crippen molar-refractivity contribution in [2.24, 2.45) is 5.41 Å². The van der Waals surface area contributed by atoms with E-state index in [0.29, 0.717) is 42.6 Å². The van der Waals surface area contributed by atoms with E-state index in [0.717, 1.165) is 35.2 Å². The largest absolute Gasteiger partial charge is 0.322 e. The summed E-state index contributed by atoms with van der Waals surface area (Å²) >= 11 is 0. The fraction of sp³-hybridized carbons (Fsp3) is 0.206. The smallest absolute Gasteiger partial charge is 0.258 e. The van der Waals surface area contributed by atoms with Gasteiger partial charge in [0.2, 0.25) is 0 Å². The van der Waals surface area contributed by atoms with Crippen LogP contribution in [-0.4, -0.2) is 38.2 Å². The minimum Gasteiger partial charge on any atom is -0.322 e. The minimum absolute atomic E-state index is 0.130. The summed E-state index contributed by atoms with van der Waals surface area (Å²) in [6, 6.07) is 32.1. The molecule has 5 rings (SSSR count). The van der Waals surface area contributed by atoms with Crippen molar-refractivity contribution < 1.29 is 14.4 Å². The Morgan fingerprint density at radius 2 is 1.57 bits per heavy atom. The quantitative estimate of drug-likeness (QED) is 0.274. The number of benzene rings is 4. The maximum Gasteiger partial charge on any atom is 0.258 e. The van der Waals surface area contributed by atoms with Gasteiger partial charge < -0.3 is 20.3 Å². The molecule has 1 aliphatic heterocycles. The van der Waals surface area contributed by atoms with E-state index in [1.807, 2.05) is 85.9 Å². The normalized spacial score (nSPS) is 16.5. The molecule has 0 aliphatic carbocycles. The lowest BCUT2D eigenvalue weighted by atomic mass is 9.78. The van der Waals surface area contributed by atoms with Gasteiger partial charge in [0.25, 0.3) is 11.8 Å². The number of fused-ring (bicyclic) bond motifs is 1. The van der Waals surface area contributed by atoms with Gasteiger partial charge in [0.05, 0.1) is 0 Å². The first-order valence-corrected chi connectivity index (χ1v) is 13.6. The van der Waals surface area contributed by atoms with Crippen molar-refractivity contribution in [2.45, 2.75) is 19.3 Å². The zero-order valence-corrected chi connectivity index (χ0v) is 22.6. The van der Waals surface area contributed by atoms with E-state index in [9.17, 15) is 14.4 Å². The van der Waals surface area contributed by atoms with E-state index in [1.54, 1.807) is 29.2 Å². The Hall–Kier alpha value is -4.55. The van der Waals surface area contributed by atoms with Crippen molar-refractivity contribution in [3.63, 3.8) is 0 Å². The molecule has 0 aromatic heterocycles. The molecule has 2 N–H and O–H groups in total. The fourth-order valence-corrected chi connectivity index (χ4v) is 5.40. The average molecular weight is 532 g/mol. The highest BCUT2D eigenvalue weighted by Gasteiger charge is 2.36. The summed E-state index contributed by atoms with van der Waals surface area (Å²) in [5, 5.41) is 6.12. The Morgan fingerprint density at radius 3 is 2.33 bits per heavy atom. The van der Waals surface area contributed by atoms with Crippen molar-refractivity contribution in [2.75, 3.05) is 30.4 Å². The molecule has 0 saturated heterocycles. The van der Waals surface area contributed by atoms with Gasteiger partial charge in [0, 0.05) is 34.5 Å². The number of carbonyl (C=O) groups is 3. The van der Waals surface area contributed by atoms with Crippen molar-refractivity contribution in [3.8, 4) is 11.1 Å². The van der Waals surface area contributed by atoms with Gasteiger partial charge in [-0.05, 0) is 85.9 Å². The predicted octanol–water partition coefficient (Wildman–Crippen LogP) is 5.99. The molecule has 6 nitrogen and oxygen atoms in total. The van der Waals surface area contributed by atoms with Gasteiger partial charge in [-0.15, -0.1) is 0 Å². The van der Waals surface area contributed by atoms with Gasteiger partial charge >= 0.3 is 0 Å². The monoisotopic (exact) mass is 531 g/mol. The van der Waals surface area contributed by atoms with E-state index in [4.69, 9.17) is 0 Å². The molecule has 2 amide bonds. The molecule has 1 aliphatic rings. The number of carbonyl (C=O) groups excluding carboxylic acids is 3. The Kier molecular flexibility index (Phi) is 8.18. The average Bonchev–Trinajstić information content (AvgIpc) is 3.18. The van der Waals surface area contributed by atoms with Crippen LogP contribution >= 0.6 is 0 Å². The van der Waals surface area contributed by atoms with Crippen LogP contribution in [0.15, 0.2) is 103 Å². The maximum absolute atomic E-state index is 13.7. The van der Waals surface area contributed by atoms with Gasteiger partial charge in [0.15, 0.2) is 0 Å². The topological polar surface area (TPSA) is 78.5 Å². The van der Waals surface area contributed by atoms with E-state index in [1.165, 1.54) is 0 Å². The van der Waals surface area contributed by atoms with Gasteiger partial charge in [-0.3, -0.25) is 9.59 Å². The highest BCUT2D eigenvalue weighted by molar-refractivity contribution is 6.10. The van der Waals surface area contributed by atoms with Gasteiger partial charge in [0.1, 0.15) is 6.29 Å². The lowest BCUT2D eigenvalue weighted by Crippen LogP contribution is -2.35. The molecule has 40 heavy (non-hydrogen) atoms. The van der Waals surface area contributed by atoms with E-state index < -0.39 is 5.41 Å². The zero-order chi connectivity index (χ0) is 28.0. The van der Waals surface area contributed by atoms with E-state index in [-0.39, 0.29) is 11.8 Å². The summed E-state index contributed by atoms with van der Waals surface area (Å²) in [6.07, 6.45) is 2.98. The molecule has 0 radical (unpaired) electrons. The predicted molar refractivity (Wildman–Crippen MR) is 160 cm³/mol. The first-order valence-electron chi connectivity index (χ1n) is 13.6. The summed E-state index contributed by atoms with van der Waals surface area (Å²) in [4.78, 5) is 41.0.